The van der Waals surface area contributed by atoms with Gasteiger partial charge in [0.15, 0.2) is 11.6 Å². The molecule has 1 atom stereocenters. The molecule has 2 N–H and O–H groups in total. The van der Waals surface area contributed by atoms with Crippen LogP contribution in [-0.4, -0.2) is 35.8 Å². The maximum absolute atomic E-state index is 14.1. The number of ether oxygens (including phenoxy) is 1. The summed E-state index contributed by atoms with van der Waals surface area (Å²) in [6.45, 7) is 2.20. The summed E-state index contributed by atoms with van der Waals surface area (Å²) >= 11 is 0. The molecule has 32 heavy (non-hydrogen) atoms. The number of methoxy groups -OCH3 is 1. The highest BCUT2D eigenvalue weighted by atomic mass is 19.2. The van der Waals surface area contributed by atoms with Crippen LogP contribution in [0.4, 0.5) is 45.5 Å². The first-order valence-electron chi connectivity index (χ1n) is 9.38. The van der Waals surface area contributed by atoms with Crippen LogP contribution in [0.15, 0.2) is 48.7 Å². The molecule has 2 aromatic carbocycles. The Bertz CT molecular complexity index is 1100. The van der Waals surface area contributed by atoms with Crippen LogP contribution in [0.25, 0.3) is 0 Å². The molecular weight excluding hydrogens is 430 g/mol. The summed E-state index contributed by atoms with van der Waals surface area (Å²) in [6, 6.07) is 5.98. The van der Waals surface area contributed by atoms with Gasteiger partial charge >= 0.3 is 6.03 Å². The van der Waals surface area contributed by atoms with E-state index in [0.29, 0.717) is 18.7 Å². The van der Waals surface area contributed by atoms with Crippen molar-refractivity contribution >= 4 is 29.2 Å². The molecule has 1 aromatic heterocycles. The predicted octanol–water partition coefficient (Wildman–Crippen LogP) is 4.85. The molecule has 168 valence electrons. The van der Waals surface area contributed by atoms with Gasteiger partial charge in [0.05, 0.1) is 18.0 Å². The molecule has 0 aliphatic rings. The van der Waals surface area contributed by atoms with Crippen molar-refractivity contribution < 1.29 is 27.1 Å². The van der Waals surface area contributed by atoms with E-state index < -0.39 is 35.0 Å². The highest BCUT2D eigenvalue weighted by Crippen LogP contribution is 2.27. The van der Waals surface area contributed by atoms with Gasteiger partial charge in [0.25, 0.3) is 0 Å². The number of hydrogen-bond acceptors (Lipinski definition) is 5. The molecule has 3 rings (SSSR count). The van der Waals surface area contributed by atoms with E-state index in [2.05, 4.69) is 20.6 Å². The fourth-order valence-electron chi connectivity index (χ4n) is 2.79. The lowest BCUT2D eigenvalue weighted by Gasteiger charge is -2.23. The van der Waals surface area contributed by atoms with Gasteiger partial charge in [0.2, 0.25) is 5.95 Å². The molecule has 0 saturated carbocycles. The average Bonchev–Trinajstić information content (AvgIpc) is 2.74. The Hall–Kier alpha value is -3.73. The maximum atomic E-state index is 14.1. The maximum Gasteiger partial charge on any atom is 0.332 e. The molecule has 7 nitrogen and oxygen atoms in total. The molecule has 0 bridgehead atoms. The number of amides is 2. The highest BCUT2D eigenvalue weighted by Gasteiger charge is 2.22. The Morgan fingerprint density at radius 3 is 2.44 bits per heavy atom. The minimum Gasteiger partial charge on any atom is -0.383 e. The van der Waals surface area contributed by atoms with Gasteiger partial charge in [-0.05, 0) is 31.2 Å². The van der Waals surface area contributed by atoms with Crippen molar-refractivity contribution in [2.45, 2.75) is 13.0 Å². The van der Waals surface area contributed by atoms with Crippen LogP contribution in [0.3, 0.4) is 0 Å². The fraction of sp³-hybridized carbons (Fsp3) is 0.190. The van der Waals surface area contributed by atoms with Gasteiger partial charge in [0, 0.05) is 37.5 Å². The molecule has 0 aliphatic heterocycles. The van der Waals surface area contributed by atoms with E-state index in [1.54, 1.807) is 0 Å². The van der Waals surface area contributed by atoms with Crippen LogP contribution in [-0.2, 0) is 4.74 Å². The summed E-state index contributed by atoms with van der Waals surface area (Å²) in [4.78, 5) is 22.4. The quantitative estimate of drug-likeness (QED) is 0.398. The third-order valence-corrected chi connectivity index (χ3v) is 4.20. The average molecular weight is 449 g/mol. The first-order valence-corrected chi connectivity index (χ1v) is 9.38. The number of carbonyl (C=O) groups excluding carboxylic acids is 1. The van der Waals surface area contributed by atoms with Crippen molar-refractivity contribution in [1.82, 2.24) is 9.97 Å². The zero-order valence-electron chi connectivity index (χ0n) is 17.1. The molecule has 0 unspecified atom stereocenters. The molecule has 0 aliphatic carbocycles. The van der Waals surface area contributed by atoms with Crippen LogP contribution in [0.5, 0.6) is 0 Å². The number of aromatic nitrogens is 2. The standard InChI is InChI=1S/C21H19F4N5O2/c1-12(11-32-2)27-20-26-8-7-19(29-20)30(14-5-3-13(22)4-6-14)21(31)28-18-10-16(24)15(23)9-17(18)25/h3-10,12H,11H2,1-2H3,(H,28,31)(H,26,27,29)/t12-/m0/s1. The third kappa shape index (κ3) is 5.49. The summed E-state index contributed by atoms with van der Waals surface area (Å²) in [5.74, 6) is -4.22. The first kappa shape index (κ1) is 22.9. The van der Waals surface area contributed by atoms with Crippen molar-refractivity contribution in [2.75, 3.05) is 29.3 Å². The Balaban J connectivity index is 1.97. The molecule has 2 amide bonds. The topological polar surface area (TPSA) is 79.4 Å². The number of anilines is 4. The van der Waals surface area contributed by atoms with Crippen LogP contribution in [0, 0.1) is 23.3 Å². The summed E-state index contributed by atoms with van der Waals surface area (Å²) in [6.07, 6.45) is 1.38. The van der Waals surface area contributed by atoms with E-state index in [4.69, 9.17) is 4.74 Å². The number of benzene rings is 2. The Morgan fingerprint density at radius 2 is 1.75 bits per heavy atom. The summed E-state index contributed by atoms with van der Waals surface area (Å²) in [5.41, 5.74) is -0.399. The lowest BCUT2D eigenvalue weighted by molar-refractivity contribution is 0.190. The molecule has 0 spiro atoms. The molecule has 3 aromatic rings. The highest BCUT2D eigenvalue weighted by molar-refractivity contribution is 6.06. The Labute approximate surface area is 181 Å². The molecule has 11 heteroatoms. The zero-order valence-corrected chi connectivity index (χ0v) is 17.1. The fourth-order valence-corrected chi connectivity index (χ4v) is 2.79. The number of nitrogens with zero attached hydrogens (tertiary/aromatic N) is 3. The number of carbonyl (C=O) groups is 1. The van der Waals surface area contributed by atoms with E-state index in [1.165, 1.54) is 31.5 Å². The second kappa shape index (κ2) is 10.1. The minimum absolute atomic E-state index is 0.0548. The predicted molar refractivity (Wildman–Crippen MR) is 111 cm³/mol. The van der Waals surface area contributed by atoms with Crippen molar-refractivity contribution in [3.8, 4) is 0 Å². The normalized spacial score (nSPS) is 11.7. The SMILES string of the molecule is COC[C@H](C)Nc1nccc(N(C(=O)Nc2cc(F)c(F)cc2F)c2ccc(F)cc2)n1. The van der Waals surface area contributed by atoms with Crippen molar-refractivity contribution in [1.29, 1.82) is 0 Å². The Morgan fingerprint density at radius 1 is 1.06 bits per heavy atom. The van der Waals surface area contributed by atoms with Gasteiger partial charge in [-0.25, -0.2) is 32.2 Å². The van der Waals surface area contributed by atoms with Crippen LogP contribution in [0.2, 0.25) is 0 Å². The molecule has 0 fully saturated rings. The zero-order chi connectivity index (χ0) is 23.3. The molecule has 1 heterocycles. The van der Waals surface area contributed by atoms with Gasteiger partial charge in [0.1, 0.15) is 17.5 Å². The second-order valence-corrected chi connectivity index (χ2v) is 6.73. The second-order valence-electron chi connectivity index (χ2n) is 6.73. The number of nitrogens with one attached hydrogen (secondary N) is 2. The van der Waals surface area contributed by atoms with Crippen molar-refractivity contribution in [3.63, 3.8) is 0 Å². The number of rotatable bonds is 7. The minimum atomic E-state index is -1.40. The van der Waals surface area contributed by atoms with Gasteiger partial charge in [-0.3, -0.25) is 0 Å². The van der Waals surface area contributed by atoms with E-state index in [1.807, 2.05) is 6.92 Å². The van der Waals surface area contributed by atoms with E-state index in [0.717, 1.165) is 17.0 Å². The van der Waals surface area contributed by atoms with E-state index in [9.17, 15) is 22.4 Å². The van der Waals surface area contributed by atoms with Gasteiger partial charge < -0.3 is 15.4 Å². The third-order valence-electron chi connectivity index (χ3n) is 4.20. The van der Waals surface area contributed by atoms with Gasteiger partial charge in [-0.1, -0.05) is 0 Å². The summed E-state index contributed by atoms with van der Waals surface area (Å²) in [7, 11) is 1.54. The van der Waals surface area contributed by atoms with E-state index in [-0.39, 0.29) is 23.5 Å². The number of urea groups is 1. The summed E-state index contributed by atoms with van der Waals surface area (Å²) < 4.78 is 59.3. The van der Waals surface area contributed by atoms with Crippen molar-refractivity contribution in [2.24, 2.45) is 0 Å². The molecule has 0 saturated heterocycles. The van der Waals surface area contributed by atoms with Gasteiger partial charge in [-0.15, -0.1) is 0 Å². The monoisotopic (exact) mass is 449 g/mol. The van der Waals surface area contributed by atoms with Gasteiger partial charge in [-0.2, -0.15) is 4.98 Å². The van der Waals surface area contributed by atoms with Crippen LogP contribution < -0.4 is 15.5 Å². The van der Waals surface area contributed by atoms with Crippen LogP contribution in [0.1, 0.15) is 6.92 Å². The lowest BCUT2D eigenvalue weighted by Crippen LogP contribution is -2.32. The number of halogens is 4. The smallest absolute Gasteiger partial charge is 0.332 e. The van der Waals surface area contributed by atoms with E-state index >= 15 is 0 Å². The number of hydrogen-bond donors (Lipinski definition) is 2. The first-order chi connectivity index (χ1) is 15.3. The largest absolute Gasteiger partial charge is 0.383 e. The Kier molecular flexibility index (Phi) is 7.21. The molecular formula is C21H19F4N5O2. The lowest BCUT2D eigenvalue weighted by atomic mass is 10.2. The molecule has 0 radical (unpaired) electrons. The van der Waals surface area contributed by atoms with Crippen LogP contribution >= 0.6 is 0 Å². The summed E-state index contributed by atoms with van der Waals surface area (Å²) in [5, 5.41) is 5.17. The van der Waals surface area contributed by atoms with Crippen molar-refractivity contribution in [3.05, 3.63) is 71.9 Å².